The molecule has 3 rings (SSSR count). The summed E-state index contributed by atoms with van der Waals surface area (Å²) in [6, 6.07) is 1.02. The van der Waals surface area contributed by atoms with Crippen LogP contribution in [0.15, 0.2) is 16.7 Å². The number of likely N-dealkylation sites (tertiary alicyclic amines) is 1. The number of carboxylic acid groups (broad SMARTS) is 1. The van der Waals surface area contributed by atoms with Crippen molar-refractivity contribution in [2.75, 3.05) is 0 Å². The molecule has 1 saturated carbocycles. The fraction of sp³-hybridized carbons (Fsp3) is 0.600. The van der Waals surface area contributed by atoms with E-state index < -0.39 is 12.0 Å². The molecule has 2 fully saturated rings. The van der Waals surface area contributed by atoms with E-state index in [1.807, 2.05) is 0 Å². The van der Waals surface area contributed by atoms with Gasteiger partial charge in [-0.05, 0) is 38.2 Å². The van der Waals surface area contributed by atoms with Gasteiger partial charge in [0.15, 0.2) is 0 Å². The molecule has 5 nitrogen and oxygen atoms in total. The second-order valence-corrected chi connectivity index (χ2v) is 5.80. The van der Waals surface area contributed by atoms with Crippen molar-refractivity contribution in [3.63, 3.8) is 0 Å². The van der Waals surface area contributed by atoms with Crippen molar-refractivity contribution < 1.29 is 19.1 Å². The van der Waals surface area contributed by atoms with Gasteiger partial charge in [-0.2, -0.15) is 0 Å². The molecule has 1 aromatic rings. The number of fused-ring (bicyclic) bond motifs is 1. The van der Waals surface area contributed by atoms with Gasteiger partial charge in [0.1, 0.15) is 11.8 Å². The van der Waals surface area contributed by atoms with Crippen LogP contribution >= 0.6 is 0 Å². The number of rotatable bonds is 2. The van der Waals surface area contributed by atoms with Crippen LogP contribution in [0.25, 0.3) is 0 Å². The van der Waals surface area contributed by atoms with Gasteiger partial charge in [-0.1, -0.05) is 12.8 Å². The van der Waals surface area contributed by atoms with Crippen molar-refractivity contribution in [2.45, 2.75) is 51.1 Å². The third kappa shape index (κ3) is 2.01. The molecule has 1 N–H and O–H groups in total. The SMILES string of the molecule is Cc1occc1C(=O)N1[C@H](C(=O)O)C[C@@H]2CCCC[C@@H]21. The van der Waals surface area contributed by atoms with E-state index in [2.05, 4.69) is 0 Å². The van der Waals surface area contributed by atoms with Gasteiger partial charge in [-0.3, -0.25) is 4.79 Å². The summed E-state index contributed by atoms with van der Waals surface area (Å²) < 4.78 is 5.18. The molecular weight excluding hydrogens is 258 g/mol. The van der Waals surface area contributed by atoms with Gasteiger partial charge in [0.25, 0.3) is 5.91 Å². The van der Waals surface area contributed by atoms with E-state index in [1.165, 1.54) is 6.26 Å². The molecule has 0 unspecified atom stereocenters. The molecule has 108 valence electrons. The second-order valence-electron chi connectivity index (χ2n) is 5.80. The van der Waals surface area contributed by atoms with Gasteiger partial charge in [0.2, 0.25) is 0 Å². The lowest BCUT2D eigenvalue weighted by molar-refractivity contribution is -0.141. The monoisotopic (exact) mass is 277 g/mol. The third-order valence-corrected chi connectivity index (χ3v) is 4.70. The minimum Gasteiger partial charge on any atom is -0.480 e. The maximum absolute atomic E-state index is 12.7. The Morgan fingerprint density at radius 3 is 2.75 bits per heavy atom. The zero-order chi connectivity index (χ0) is 14.3. The van der Waals surface area contributed by atoms with Crippen molar-refractivity contribution in [3.05, 3.63) is 23.7 Å². The van der Waals surface area contributed by atoms with Crippen LogP contribution in [0.1, 0.15) is 48.2 Å². The van der Waals surface area contributed by atoms with Crippen LogP contribution in [0, 0.1) is 12.8 Å². The molecule has 2 aliphatic rings. The van der Waals surface area contributed by atoms with E-state index in [1.54, 1.807) is 17.9 Å². The summed E-state index contributed by atoms with van der Waals surface area (Å²) in [5.74, 6) is -0.202. The van der Waals surface area contributed by atoms with Crippen LogP contribution in [0.4, 0.5) is 0 Å². The lowest BCUT2D eigenvalue weighted by atomic mass is 9.84. The van der Waals surface area contributed by atoms with Crippen LogP contribution in [0.5, 0.6) is 0 Å². The molecule has 0 radical (unpaired) electrons. The minimum absolute atomic E-state index is 0.0756. The summed E-state index contributed by atoms with van der Waals surface area (Å²) in [6.07, 6.45) is 6.22. The zero-order valence-electron chi connectivity index (χ0n) is 11.5. The predicted octanol–water partition coefficient (Wildman–Crippen LogP) is 2.45. The Morgan fingerprint density at radius 2 is 2.10 bits per heavy atom. The highest BCUT2D eigenvalue weighted by molar-refractivity contribution is 5.98. The number of carboxylic acids is 1. The Hall–Kier alpha value is -1.78. The number of amides is 1. The molecule has 2 heterocycles. The summed E-state index contributed by atoms with van der Waals surface area (Å²) >= 11 is 0. The summed E-state index contributed by atoms with van der Waals surface area (Å²) in [5.41, 5.74) is 0.488. The highest BCUT2D eigenvalue weighted by Gasteiger charge is 2.48. The minimum atomic E-state index is -0.895. The molecule has 3 atom stereocenters. The topological polar surface area (TPSA) is 70.8 Å². The molecule has 1 aromatic heterocycles. The van der Waals surface area contributed by atoms with Crippen molar-refractivity contribution in [3.8, 4) is 0 Å². The van der Waals surface area contributed by atoms with Gasteiger partial charge >= 0.3 is 5.97 Å². The molecule has 5 heteroatoms. The Labute approximate surface area is 117 Å². The number of hydrogen-bond donors (Lipinski definition) is 1. The van der Waals surface area contributed by atoms with Gasteiger partial charge in [0, 0.05) is 6.04 Å². The number of carbonyl (C=O) groups is 2. The zero-order valence-corrected chi connectivity index (χ0v) is 11.5. The predicted molar refractivity (Wildman–Crippen MR) is 71.4 cm³/mol. The van der Waals surface area contributed by atoms with E-state index >= 15 is 0 Å². The van der Waals surface area contributed by atoms with Crippen LogP contribution < -0.4 is 0 Å². The number of furan rings is 1. The van der Waals surface area contributed by atoms with Gasteiger partial charge in [-0.25, -0.2) is 4.79 Å². The van der Waals surface area contributed by atoms with Crippen molar-refractivity contribution >= 4 is 11.9 Å². The highest BCUT2D eigenvalue weighted by Crippen LogP contribution is 2.40. The van der Waals surface area contributed by atoms with Gasteiger partial charge < -0.3 is 14.4 Å². The van der Waals surface area contributed by atoms with Crippen molar-refractivity contribution in [1.82, 2.24) is 4.90 Å². The fourth-order valence-corrected chi connectivity index (χ4v) is 3.72. The van der Waals surface area contributed by atoms with Crippen molar-refractivity contribution in [2.24, 2.45) is 5.92 Å². The molecule has 1 amide bonds. The molecule has 1 aliphatic heterocycles. The van der Waals surface area contributed by atoms with E-state index in [-0.39, 0.29) is 11.9 Å². The number of nitrogens with zero attached hydrogens (tertiary/aromatic N) is 1. The van der Waals surface area contributed by atoms with Gasteiger partial charge in [-0.15, -0.1) is 0 Å². The number of aryl methyl sites for hydroxylation is 1. The Morgan fingerprint density at radius 1 is 1.35 bits per heavy atom. The Kier molecular flexibility index (Phi) is 3.28. The first kappa shape index (κ1) is 13.2. The number of aliphatic carboxylic acids is 1. The van der Waals surface area contributed by atoms with Crippen LogP contribution in [0.3, 0.4) is 0 Å². The van der Waals surface area contributed by atoms with E-state index in [0.717, 1.165) is 25.7 Å². The van der Waals surface area contributed by atoms with E-state index in [4.69, 9.17) is 4.42 Å². The first-order valence-electron chi connectivity index (χ1n) is 7.19. The average molecular weight is 277 g/mol. The van der Waals surface area contributed by atoms with Crippen LogP contribution in [-0.4, -0.2) is 34.0 Å². The quantitative estimate of drug-likeness (QED) is 0.901. The largest absolute Gasteiger partial charge is 0.480 e. The molecule has 0 aromatic carbocycles. The summed E-state index contributed by atoms with van der Waals surface area (Å²) in [7, 11) is 0. The van der Waals surface area contributed by atoms with Crippen molar-refractivity contribution in [1.29, 1.82) is 0 Å². The lowest BCUT2D eigenvalue weighted by Gasteiger charge is -2.32. The third-order valence-electron chi connectivity index (χ3n) is 4.70. The Balaban J connectivity index is 1.93. The first-order chi connectivity index (χ1) is 9.59. The van der Waals surface area contributed by atoms with Gasteiger partial charge in [0.05, 0.1) is 11.8 Å². The maximum atomic E-state index is 12.7. The smallest absolute Gasteiger partial charge is 0.326 e. The Bertz CT molecular complexity index is 536. The molecule has 1 saturated heterocycles. The number of carbonyl (C=O) groups excluding carboxylic acids is 1. The lowest BCUT2D eigenvalue weighted by Crippen LogP contribution is -2.46. The molecule has 1 aliphatic carbocycles. The molecular formula is C15H19NO4. The summed E-state index contributed by atoms with van der Waals surface area (Å²) in [5, 5.41) is 9.43. The normalized spacial score (nSPS) is 29.2. The highest BCUT2D eigenvalue weighted by atomic mass is 16.4. The standard InChI is InChI=1S/C15H19NO4/c1-9-11(6-7-20-9)14(17)16-12-5-3-2-4-10(12)8-13(16)15(18)19/h6-7,10,12-13H,2-5,8H2,1H3,(H,18,19)/t10-,12-,13-/m0/s1. The maximum Gasteiger partial charge on any atom is 0.326 e. The molecule has 0 bridgehead atoms. The average Bonchev–Trinajstić information content (AvgIpc) is 3.01. The van der Waals surface area contributed by atoms with Crippen LogP contribution in [0.2, 0.25) is 0 Å². The summed E-state index contributed by atoms with van der Waals surface area (Å²) in [4.78, 5) is 25.8. The fourth-order valence-electron chi connectivity index (χ4n) is 3.72. The van der Waals surface area contributed by atoms with E-state index in [9.17, 15) is 14.7 Å². The van der Waals surface area contributed by atoms with Crippen LogP contribution in [-0.2, 0) is 4.79 Å². The second kappa shape index (κ2) is 4.96. The molecule has 20 heavy (non-hydrogen) atoms. The van der Waals surface area contributed by atoms with E-state index in [0.29, 0.717) is 23.7 Å². The number of hydrogen-bond acceptors (Lipinski definition) is 3. The summed E-state index contributed by atoms with van der Waals surface area (Å²) in [6.45, 7) is 1.73. The first-order valence-corrected chi connectivity index (χ1v) is 7.19. The molecule has 0 spiro atoms.